The lowest BCUT2D eigenvalue weighted by Gasteiger charge is -2.13. The summed E-state index contributed by atoms with van der Waals surface area (Å²) in [6.07, 6.45) is 4.60. The number of hydrogen-bond acceptors (Lipinski definition) is 5. The number of para-hydroxylation sites is 1. The number of hydrogen-bond donors (Lipinski definition) is 0. The van der Waals surface area contributed by atoms with Crippen LogP contribution in [0.3, 0.4) is 0 Å². The molecule has 5 aromatic rings. The average Bonchev–Trinajstić information content (AvgIpc) is 3.54. The van der Waals surface area contributed by atoms with Crippen molar-refractivity contribution in [2.45, 2.75) is 13.3 Å². The molecule has 0 bridgehead atoms. The zero-order chi connectivity index (χ0) is 22.8. The second-order valence-electron chi connectivity index (χ2n) is 7.90. The van der Waals surface area contributed by atoms with Crippen molar-refractivity contribution in [2.24, 2.45) is 0 Å². The molecule has 5 rings (SSSR count). The topological polar surface area (TPSA) is 77.1 Å². The molecule has 7 nitrogen and oxygen atoms in total. The van der Waals surface area contributed by atoms with E-state index in [1.807, 2.05) is 73.9 Å². The fraction of sp³-hybridized carbons (Fsp3) is 0.154. The Balaban J connectivity index is 1.35. The molecule has 0 fully saturated rings. The van der Waals surface area contributed by atoms with Crippen molar-refractivity contribution < 1.29 is 9.21 Å². The van der Waals surface area contributed by atoms with E-state index in [1.54, 1.807) is 22.7 Å². The smallest absolute Gasteiger partial charge is 0.289 e. The predicted octanol–water partition coefficient (Wildman–Crippen LogP) is 5.22. The molecule has 0 unspecified atom stereocenters. The summed E-state index contributed by atoms with van der Waals surface area (Å²) in [7, 11) is 1.78. The summed E-state index contributed by atoms with van der Waals surface area (Å²) in [5.41, 5.74) is 4.37. The van der Waals surface area contributed by atoms with Crippen LogP contribution in [0.5, 0.6) is 0 Å². The average molecular weight is 438 g/mol. The van der Waals surface area contributed by atoms with Crippen LogP contribution in [0.4, 0.5) is 0 Å². The summed E-state index contributed by atoms with van der Waals surface area (Å²) in [6.45, 7) is 2.73. The Morgan fingerprint density at radius 3 is 2.67 bits per heavy atom. The van der Waals surface area contributed by atoms with Crippen molar-refractivity contribution >= 4 is 16.8 Å². The minimum Gasteiger partial charge on any atom is -0.451 e. The van der Waals surface area contributed by atoms with Crippen LogP contribution >= 0.6 is 0 Å². The lowest BCUT2D eigenvalue weighted by Crippen LogP contribution is -2.26. The van der Waals surface area contributed by atoms with Crippen LogP contribution in [-0.2, 0) is 0 Å². The second-order valence-corrected chi connectivity index (χ2v) is 7.90. The highest BCUT2D eigenvalue weighted by molar-refractivity contribution is 5.92. The van der Waals surface area contributed by atoms with Gasteiger partial charge in [-0.1, -0.05) is 30.3 Å². The lowest BCUT2D eigenvalue weighted by atomic mass is 10.1. The minimum absolute atomic E-state index is 0.113. The van der Waals surface area contributed by atoms with Crippen LogP contribution in [0.2, 0.25) is 0 Å². The van der Waals surface area contributed by atoms with E-state index >= 15 is 0 Å². The Morgan fingerprint density at radius 1 is 1.03 bits per heavy atom. The summed E-state index contributed by atoms with van der Waals surface area (Å²) in [6, 6.07) is 21.4. The van der Waals surface area contributed by atoms with Crippen LogP contribution in [0.1, 0.15) is 23.9 Å². The lowest BCUT2D eigenvalue weighted by molar-refractivity contribution is 0.0764. The first kappa shape index (κ1) is 20.6. The monoisotopic (exact) mass is 437 g/mol. The Labute approximate surface area is 191 Å². The van der Waals surface area contributed by atoms with Gasteiger partial charge in [-0.15, -0.1) is 5.10 Å². The molecule has 0 aliphatic carbocycles. The number of rotatable bonds is 6. The molecule has 2 aromatic carbocycles. The van der Waals surface area contributed by atoms with E-state index in [-0.39, 0.29) is 5.91 Å². The van der Waals surface area contributed by atoms with E-state index in [1.165, 1.54) is 0 Å². The number of amides is 1. The van der Waals surface area contributed by atoms with Gasteiger partial charge in [0.05, 0.1) is 17.4 Å². The highest BCUT2D eigenvalue weighted by Gasteiger charge is 2.16. The van der Waals surface area contributed by atoms with Crippen LogP contribution in [0.25, 0.3) is 39.2 Å². The highest BCUT2D eigenvalue weighted by atomic mass is 16.4. The number of fused-ring (bicyclic) bond motifs is 1. The Kier molecular flexibility index (Phi) is 5.44. The van der Waals surface area contributed by atoms with Crippen molar-refractivity contribution in [1.29, 1.82) is 0 Å². The van der Waals surface area contributed by atoms with Gasteiger partial charge in [-0.25, -0.2) is 4.68 Å². The van der Waals surface area contributed by atoms with Crippen molar-refractivity contribution in [2.75, 3.05) is 13.6 Å². The predicted molar refractivity (Wildman–Crippen MR) is 127 cm³/mol. The molecule has 0 spiro atoms. The summed E-state index contributed by atoms with van der Waals surface area (Å²) in [4.78, 5) is 18.6. The van der Waals surface area contributed by atoms with Crippen LogP contribution < -0.4 is 0 Å². The molecule has 7 heteroatoms. The number of carbonyl (C=O) groups excluding carboxylic acids is 1. The zero-order valence-corrected chi connectivity index (χ0v) is 18.5. The third kappa shape index (κ3) is 4.13. The molecule has 0 radical (unpaired) electrons. The van der Waals surface area contributed by atoms with E-state index in [0.29, 0.717) is 18.1 Å². The fourth-order valence-corrected chi connectivity index (χ4v) is 3.74. The Morgan fingerprint density at radius 2 is 1.85 bits per heavy atom. The molecule has 0 N–H and O–H groups in total. The van der Waals surface area contributed by atoms with Gasteiger partial charge in [0, 0.05) is 36.3 Å². The Hall–Kier alpha value is -4.26. The third-order valence-corrected chi connectivity index (χ3v) is 5.52. The highest BCUT2D eigenvalue weighted by Crippen LogP contribution is 2.25. The van der Waals surface area contributed by atoms with Crippen molar-refractivity contribution in [3.63, 3.8) is 0 Å². The molecule has 0 aliphatic heterocycles. The van der Waals surface area contributed by atoms with Gasteiger partial charge in [-0.3, -0.25) is 9.78 Å². The molecule has 0 saturated carbocycles. The molecule has 3 heterocycles. The van der Waals surface area contributed by atoms with Crippen molar-refractivity contribution in [3.05, 3.63) is 84.9 Å². The molecule has 164 valence electrons. The fourth-order valence-electron chi connectivity index (χ4n) is 3.74. The van der Waals surface area contributed by atoms with Crippen molar-refractivity contribution in [1.82, 2.24) is 24.9 Å². The maximum atomic E-state index is 12.4. The molecule has 0 saturated heterocycles. The van der Waals surface area contributed by atoms with Crippen LogP contribution in [0, 0.1) is 0 Å². The first-order chi connectivity index (χ1) is 16.1. The van der Waals surface area contributed by atoms with Gasteiger partial charge in [0.25, 0.3) is 5.91 Å². The molecular weight excluding hydrogens is 414 g/mol. The van der Waals surface area contributed by atoms with Gasteiger partial charge in [0.1, 0.15) is 11.5 Å². The SMILES string of the molecule is CCCN(C)C(=O)c1ccc(-c2ccc(-n3cc(-c4cnc5ccccc5c4)nn3)cc2)o1. The van der Waals surface area contributed by atoms with E-state index in [2.05, 4.69) is 21.4 Å². The molecule has 1 amide bonds. The van der Waals surface area contributed by atoms with Gasteiger partial charge in [-0.05, 0) is 55.0 Å². The normalized spacial score (nSPS) is 11.1. The van der Waals surface area contributed by atoms with Gasteiger partial charge in [-0.2, -0.15) is 0 Å². The van der Waals surface area contributed by atoms with Crippen molar-refractivity contribution in [3.8, 4) is 28.3 Å². The van der Waals surface area contributed by atoms with Crippen LogP contribution in [-0.4, -0.2) is 44.4 Å². The largest absolute Gasteiger partial charge is 0.451 e. The van der Waals surface area contributed by atoms with E-state index in [0.717, 1.165) is 39.8 Å². The summed E-state index contributed by atoms with van der Waals surface area (Å²) in [5, 5.41) is 9.65. The maximum Gasteiger partial charge on any atom is 0.289 e. The van der Waals surface area contributed by atoms with Gasteiger partial charge < -0.3 is 9.32 Å². The molecule has 3 aromatic heterocycles. The van der Waals surface area contributed by atoms with Gasteiger partial charge >= 0.3 is 0 Å². The van der Waals surface area contributed by atoms with E-state index in [9.17, 15) is 4.79 Å². The number of benzene rings is 2. The number of aromatic nitrogens is 4. The third-order valence-electron chi connectivity index (χ3n) is 5.52. The van der Waals surface area contributed by atoms with E-state index in [4.69, 9.17) is 4.42 Å². The zero-order valence-electron chi connectivity index (χ0n) is 18.5. The Bertz CT molecular complexity index is 1420. The van der Waals surface area contributed by atoms with E-state index < -0.39 is 0 Å². The number of carbonyl (C=O) groups is 1. The molecule has 0 atom stereocenters. The first-order valence-corrected chi connectivity index (χ1v) is 10.9. The number of furan rings is 1. The summed E-state index contributed by atoms with van der Waals surface area (Å²) < 4.78 is 7.54. The molecular formula is C26H23N5O2. The quantitative estimate of drug-likeness (QED) is 0.364. The number of nitrogens with zero attached hydrogens (tertiary/aromatic N) is 5. The minimum atomic E-state index is -0.113. The maximum absolute atomic E-state index is 12.4. The molecule has 0 aliphatic rings. The summed E-state index contributed by atoms with van der Waals surface area (Å²) in [5.74, 6) is 0.879. The van der Waals surface area contributed by atoms with Gasteiger partial charge in [0.15, 0.2) is 5.76 Å². The molecule has 33 heavy (non-hydrogen) atoms. The van der Waals surface area contributed by atoms with Gasteiger partial charge in [0.2, 0.25) is 0 Å². The van der Waals surface area contributed by atoms with Crippen LogP contribution in [0.15, 0.2) is 83.5 Å². The number of pyridine rings is 1. The second kappa shape index (κ2) is 8.70. The standard InChI is InChI=1S/C26H23N5O2/c1-3-14-30(2)26(32)25-13-12-24(33-25)18-8-10-21(11-9-18)31-17-23(28-29-31)20-15-19-6-4-5-7-22(19)27-16-20/h4-13,15-17H,3,14H2,1-2H3. The first-order valence-electron chi connectivity index (χ1n) is 10.9. The summed E-state index contributed by atoms with van der Waals surface area (Å²) >= 11 is 0.